The topological polar surface area (TPSA) is 42.7 Å². The summed E-state index contributed by atoms with van der Waals surface area (Å²) in [6, 6.07) is 13.2. The number of hydrogen-bond donors (Lipinski definition) is 1. The Morgan fingerprint density at radius 3 is 1.53 bits per heavy atom. The van der Waals surface area contributed by atoms with E-state index < -0.39 is 0 Å². The molecule has 0 radical (unpaired) electrons. The first-order valence-electron chi connectivity index (χ1n) is 11.1. The van der Waals surface area contributed by atoms with Crippen molar-refractivity contribution in [2.24, 2.45) is 0 Å². The molecule has 1 heterocycles. The van der Waals surface area contributed by atoms with Gasteiger partial charge in [0.05, 0.1) is 5.69 Å². The van der Waals surface area contributed by atoms with Gasteiger partial charge in [-0.1, -0.05) is 91.8 Å². The molecule has 1 aromatic heterocycles. The second-order valence-electron chi connectivity index (χ2n) is 9.36. The van der Waals surface area contributed by atoms with Gasteiger partial charge in [0.1, 0.15) is 6.33 Å². The van der Waals surface area contributed by atoms with Crippen LogP contribution in [0.3, 0.4) is 0 Å². The maximum Gasteiger partial charge on any atom is 0.233 e. The Balaban J connectivity index is 2.19. The number of benzene rings is 2. The molecule has 0 amide bonds. The summed E-state index contributed by atoms with van der Waals surface area (Å²) >= 11 is 0. The van der Waals surface area contributed by atoms with Crippen LogP contribution in [0.5, 0.6) is 0 Å². The highest BCUT2D eigenvalue weighted by Gasteiger charge is 2.21. The third kappa shape index (κ3) is 4.28. The summed E-state index contributed by atoms with van der Waals surface area (Å²) in [5.74, 6) is 2.40. The van der Waals surface area contributed by atoms with E-state index in [1.165, 1.54) is 27.9 Å². The average Bonchev–Trinajstić information content (AvgIpc) is 3.14. The fraction of sp³-hybridized carbons (Fsp3) is 0.462. The molecule has 0 saturated heterocycles. The number of rotatable bonds is 7. The van der Waals surface area contributed by atoms with Crippen molar-refractivity contribution < 1.29 is 0 Å². The highest BCUT2D eigenvalue weighted by molar-refractivity contribution is 5.67. The molecule has 3 aromatic rings. The van der Waals surface area contributed by atoms with Gasteiger partial charge < -0.3 is 5.32 Å². The van der Waals surface area contributed by atoms with Gasteiger partial charge in [-0.05, 0) is 45.9 Å². The number of para-hydroxylation sites is 2. The largest absolute Gasteiger partial charge is 0.323 e. The summed E-state index contributed by atoms with van der Waals surface area (Å²) in [5.41, 5.74) is 7.58. The van der Waals surface area contributed by atoms with E-state index in [4.69, 9.17) is 0 Å². The van der Waals surface area contributed by atoms with Gasteiger partial charge in [0.25, 0.3) is 0 Å². The highest BCUT2D eigenvalue weighted by Crippen LogP contribution is 2.36. The fourth-order valence-corrected chi connectivity index (χ4v) is 4.08. The number of aromatic nitrogens is 3. The Kier molecular flexibility index (Phi) is 6.64. The number of nitrogens with zero attached hydrogens (tertiary/aromatic N) is 3. The molecule has 0 fully saturated rings. The van der Waals surface area contributed by atoms with Crippen molar-refractivity contribution in [3.8, 4) is 5.69 Å². The molecule has 30 heavy (non-hydrogen) atoms. The molecule has 2 aromatic carbocycles. The monoisotopic (exact) mass is 404 g/mol. The fourth-order valence-electron chi connectivity index (χ4n) is 4.08. The molecule has 3 rings (SSSR count). The lowest BCUT2D eigenvalue weighted by atomic mass is 9.92. The zero-order chi connectivity index (χ0) is 22.0. The van der Waals surface area contributed by atoms with E-state index in [2.05, 4.69) is 112 Å². The molecule has 4 nitrogen and oxygen atoms in total. The van der Waals surface area contributed by atoms with Crippen molar-refractivity contribution in [1.29, 1.82) is 0 Å². The third-order valence-corrected chi connectivity index (χ3v) is 5.74. The van der Waals surface area contributed by atoms with Crippen molar-refractivity contribution >= 4 is 11.6 Å². The van der Waals surface area contributed by atoms with Crippen LogP contribution in [0.1, 0.15) is 101 Å². The number of nitrogens with one attached hydrogen (secondary N) is 1. The number of hydrogen-bond acceptors (Lipinski definition) is 3. The van der Waals surface area contributed by atoms with Crippen LogP contribution < -0.4 is 5.32 Å². The third-order valence-electron chi connectivity index (χ3n) is 5.74. The highest BCUT2D eigenvalue weighted by atomic mass is 15.3. The summed E-state index contributed by atoms with van der Waals surface area (Å²) < 4.78 is 2.13. The van der Waals surface area contributed by atoms with Crippen molar-refractivity contribution in [1.82, 2.24) is 14.8 Å². The molecule has 0 saturated carbocycles. The van der Waals surface area contributed by atoms with Gasteiger partial charge in [-0.2, -0.15) is 0 Å². The van der Waals surface area contributed by atoms with E-state index in [9.17, 15) is 0 Å². The SMILES string of the molecule is CC(C)c1cccc(C(C)C)c1Nc1nncn1-c1c(C(C)C)cccc1C(C)C. The first-order valence-corrected chi connectivity index (χ1v) is 11.1. The standard InChI is InChI=1S/C26H36N4/c1-16(2)20-11-9-12-21(17(3)4)24(20)28-26-29-27-15-30(26)25-22(18(5)6)13-10-14-23(25)19(7)8/h9-19H,1-8H3,(H,28,29). The zero-order valence-corrected chi connectivity index (χ0v) is 19.7. The number of anilines is 2. The molecule has 0 bridgehead atoms. The molecule has 4 heteroatoms. The first-order chi connectivity index (χ1) is 14.2. The van der Waals surface area contributed by atoms with Gasteiger partial charge in [0.2, 0.25) is 5.95 Å². The van der Waals surface area contributed by atoms with Crippen molar-refractivity contribution in [3.63, 3.8) is 0 Å². The second kappa shape index (κ2) is 9.03. The Labute approximate surface area is 181 Å². The predicted octanol–water partition coefficient (Wildman–Crippen LogP) is 7.50. The van der Waals surface area contributed by atoms with Crippen LogP contribution in [0.25, 0.3) is 5.69 Å². The smallest absolute Gasteiger partial charge is 0.233 e. The lowest BCUT2D eigenvalue weighted by Gasteiger charge is -2.23. The summed E-state index contributed by atoms with van der Waals surface area (Å²) in [7, 11) is 0. The minimum absolute atomic E-state index is 0.406. The van der Waals surface area contributed by atoms with Crippen molar-refractivity contribution in [3.05, 3.63) is 65.0 Å². The normalized spacial score (nSPS) is 11.9. The van der Waals surface area contributed by atoms with E-state index in [1.54, 1.807) is 0 Å². The van der Waals surface area contributed by atoms with E-state index in [1.807, 2.05) is 6.33 Å². The quantitative estimate of drug-likeness (QED) is 0.443. The minimum atomic E-state index is 0.406. The average molecular weight is 405 g/mol. The molecule has 160 valence electrons. The van der Waals surface area contributed by atoms with Crippen LogP contribution in [0.4, 0.5) is 11.6 Å². The summed E-state index contributed by atoms with van der Waals surface area (Å²) in [6.07, 6.45) is 1.84. The van der Waals surface area contributed by atoms with Crippen LogP contribution in [0.2, 0.25) is 0 Å². The lowest BCUT2D eigenvalue weighted by molar-refractivity contribution is 0.805. The van der Waals surface area contributed by atoms with Crippen molar-refractivity contribution in [2.45, 2.75) is 79.1 Å². The molecule has 0 unspecified atom stereocenters. The van der Waals surface area contributed by atoms with Crippen LogP contribution in [-0.2, 0) is 0 Å². The van der Waals surface area contributed by atoms with Gasteiger partial charge in [0.15, 0.2) is 0 Å². The van der Waals surface area contributed by atoms with E-state index in [0.29, 0.717) is 23.7 Å². The van der Waals surface area contributed by atoms with Gasteiger partial charge in [0, 0.05) is 5.69 Å². The first kappa shape index (κ1) is 22.1. The van der Waals surface area contributed by atoms with Crippen LogP contribution in [-0.4, -0.2) is 14.8 Å². The molecule has 1 N–H and O–H groups in total. The van der Waals surface area contributed by atoms with Crippen LogP contribution in [0, 0.1) is 0 Å². The summed E-state index contributed by atoms with van der Waals surface area (Å²) in [6.45, 7) is 17.9. The Bertz CT molecular complexity index is 944. The van der Waals surface area contributed by atoms with E-state index in [-0.39, 0.29) is 0 Å². The molecule has 0 aliphatic rings. The molecule has 0 aliphatic carbocycles. The van der Waals surface area contributed by atoms with Gasteiger partial charge in [-0.15, -0.1) is 10.2 Å². The van der Waals surface area contributed by atoms with Crippen LogP contribution in [0.15, 0.2) is 42.7 Å². The van der Waals surface area contributed by atoms with E-state index in [0.717, 1.165) is 11.6 Å². The van der Waals surface area contributed by atoms with Crippen LogP contribution >= 0.6 is 0 Å². The summed E-state index contributed by atoms with van der Waals surface area (Å²) in [4.78, 5) is 0. The molecular formula is C26H36N4. The lowest BCUT2D eigenvalue weighted by Crippen LogP contribution is -2.11. The molecular weight excluding hydrogens is 368 g/mol. The van der Waals surface area contributed by atoms with Crippen molar-refractivity contribution in [2.75, 3.05) is 5.32 Å². The van der Waals surface area contributed by atoms with Gasteiger partial charge in [-0.25, -0.2) is 0 Å². The zero-order valence-electron chi connectivity index (χ0n) is 19.7. The summed E-state index contributed by atoms with van der Waals surface area (Å²) in [5, 5.41) is 12.5. The minimum Gasteiger partial charge on any atom is -0.323 e. The van der Waals surface area contributed by atoms with E-state index >= 15 is 0 Å². The molecule has 0 atom stereocenters. The molecule has 0 spiro atoms. The van der Waals surface area contributed by atoms with Gasteiger partial charge >= 0.3 is 0 Å². The Morgan fingerprint density at radius 2 is 1.10 bits per heavy atom. The van der Waals surface area contributed by atoms with Gasteiger partial charge in [-0.3, -0.25) is 4.57 Å². The predicted molar refractivity (Wildman–Crippen MR) is 127 cm³/mol. The maximum atomic E-state index is 4.49. The second-order valence-corrected chi connectivity index (χ2v) is 9.36. The maximum absolute atomic E-state index is 4.49. The Hall–Kier alpha value is -2.62. The Morgan fingerprint density at radius 1 is 0.667 bits per heavy atom. The molecule has 0 aliphatic heterocycles.